The number of allylic oxidation sites excluding steroid dienone is 2. The van der Waals surface area contributed by atoms with Crippen LogP contribution < -0.4 is 4.74 Å². The van der Waals surface area contributed by atoms with Gasteiger partial charge in [0.05, 0.1) is 11.8 Å². The highest BCUT2D eigenvalue weighted by Crippen LogP contribution is 2.16. The van der Waals surface area contributed by atoms with Gasteiger partial charge in [-0.15, -0.1) is 0 Å². The summed E-state index contributed by atoms with van der Waals surface area (Å²) in [5.41, 5.74) is 0.229. The molecule has 4 heteroatoms. The van der Waals surface area contributed by atoms with Crippen LogP contribution in [0.15, 0.2) is 48.8 Å². The maximum atomic E-state index is 10.6. The van der Waals surface area contributed by atoms with Crippen molar-refractivity contribution < 1.29 is 19.4 Å². The van der Waals surface area contributed by atoms with Crippen LogP contribution in [0.3, 0.4) is 0 Å². The Morgan fingerprint density at radius 2 is 2.00 bits per heavy atom. The normalized spacial score (nSPS) is 17.9. The number of hydrogen-bond donors (Lipinski definition) is 1. The molecule has 2 rings (SSSR count). The molecule has 0 saturated heterocycles. The van der Waals surface area contributed by atoms with E-state index >= 15 is 0 Å². The summed E-state index contributed by atoms with van der Waals surface area (Å²) in [6, 6.07) is 6.16. The van der Waals surface area contributed by atoms with E-state index < -0.39 is 12.3 Å². The van der Waals surface area contributed by atoms with Gasteiger partial charge in [-0.05, 0) is 36.4 Å². The second-order valence-electron chi connectivity index (χ2n) is 3.17. The minimum absolute atomic E-state index is 0.229. The first-order valence-corrected chi connectivity index (χ1v) is 4.74. The lowest BCUT2D eigenvalue weighted by Gasteiger charge is -2.16. The number of hydrogen-bond acceptors (Lipinski definition) is 3. The molecule has 1 atom stereocenters. The molecule has 0 amide bonds. The Kier molecular flexibility index (Phi) is 2.91. The van der Waals surface area contributed by atoms with Crippen molar-refractivity contribution in [2.24, 2.45) is 0 Å². The van der Waals surface area contributed by atoms with E-state index in [2.05, 4.69) is 0 Å². The molecule has 0 aliphatic carbocycles. The van der Waals surface area contributed by atoms with Crippen molar-refractivity contribution in [1.29, 1.82) is 0 Å². The molecule has 0 spiro atoms. The lowest BCUT2D eigenvalue weighted by molar-refractivity contribution is 0.00786. The molecule has 1 unspecified atom stereocenters. The zero-order chi connectivity index (χ0) is 11.4. The van der Waals surface area contributed by atoms with Crippen molar-refractivity contribution in [2.45, 2.75) is 6.29 Å². The van der Waals surface area contributed by atoms with E-state index in [1.807, 2.05) is 6.08 Å². The number of carboxylic acid groups (broad SMARTS) is 1. The Balaban J connectivity index is 2.02. The molecular formula is C12H10O4. The van der Waals surface area contributed by atoms with Crippen LogP contribution >= 0.6 is 0 Å². The fourth-order valence-electron chi connectivity index (χ4n) is 1.25. The summed E-state index contributed by atoms with van der Waals surface area (Å²) in [7, 11) is 0. The first-order valence-electron chi connectivity index (χ1n) is 4.74. The minimum atomic E-state index is -0.955. The van der Waals surface area contributed by atoms with Gasteiger partial charge in [0.1, 0.15) is 5.75 Å². The largest absolute Gasteiger partial charge is 0.478 e. The van der Waals surface area contributed by atoms with Crippen LogP contribution in [0.4, 0.5) is 0 Å². The van der Waals surface area contributed by atoms with E-state index in [0.29, 0.717) is 5.75 Å². The summed E-state index contributed by atoms with van der Waals surface area (Å²) in [4.78, 5) is 10.6. The molecule has 0 fully saturated rings. The average molecular weight is 218 g/mol. The van der Waals surface area contributed by atoms with Crippen molar-refractivity contribution in [3.05, 3.63) is 54.3 Å². The highest BCUT2D eigenvalue weighted by atomic mass is 16.7. The minimum Gasteiger partial charge on any atom is -0.478 e. The third-order valence-electron chi connectivity index (χ3n) is 2.02. The summed E-state index contributed by atoms with van der Waals surface area (Å²) >= 11 is 0. The van der Waals surface area contributed by atoms with E-state index in [-0.39, 0.29) is 5.56 Å². The average Bonchev–Trinajstić information content (AvgIpc) is 2.31. The van der Waals surface area contributed by atoms with Crippen LogP contribution in [0.1, 0.15) is 10.4 Å². The van der Waals surface area contributed by atoms with Gasteiger partial charge in [-0.1, -0.05) is 6.08 Å². The van der Waals surface area contributed by atoms with Gasteiger partial charge < -0.3 is 14.6 Å². The Morgan fingerprint density at radius 3 is 2.56 bits per heavy atom. The molecule has 0 saturated carbocycles. The van der Waals surface area contributed by atoms with Gasteiger partial charge in [-0.3, -0.25) is 0 Å². The van der Waals surface area contributed by atoms with Crippen LogP contribution in [-0.2, 0) is 4.74 Å². The fraction of sp³-hybridized carbons (Fsp3) is 0.0833. The third-order valence-corrected chi connectivity index (χ3v) is 2.02. The Labute approximate surface area is 92.4 Å². The molecule has 1 aromatic carbocycles. The third kappa shape index (κ3) is 2.42. The van der Waals surface area contributed by atoms with Crippen molar-refractivity contribution in [2.75, 3.05) is 0 Å². The molecule has 4 nitrogen and oxygen atoms in total. The second-order valence-corrected chi connectivity index (χ2v) is 3.17. The summed E-state index contributed by atoms with van der Waals surface area (Å²) < 4.78 is 10.6. The molecule has 0 aromatic heterocycles. The van der Waals surface area contributed by atoms with Gasteiger partial charge in [0.2, 0.25) is 0 Å². The first kappa shape index (κ1) is 10.3. The van der Waals surface area contributed by atoms with Gasteiger partial charge in [-0.2, -0.15) is 0 Å². The number of aromatic carboxylic acids is 1. The van der Waals surface area contributed by atoms with Crippen molar-refractivity contribution in [3.8, 4) is 5.75 Å². The van der Waals surface area contributed by atoms with Gasteiger partial charge in [-0.25, -0.2) is 4.79 Å². The molecule has 0 bridgehead atoms. The first-order chi connectivity index (χ1) is 7.75. The number of benzene rings is 1. The molecular weight excluding hydrogens is 208 g/mol. The number of carbonyl (C=O) groups is 1. The zero-order valence-corrected chi connectivity index (χ0v) is 8.37. The maximum absolute atomic E-state index is 10.6. The molecule has 1 aliphatic rings. The highest BCUT2D eigenvalue weighted by molar-refractivity contribution is 5.87. The maximum Gasteiger partial charge on any atom is 0.335 e. The van der Waals surface area contributed by atoms with Gasteiger partial charge >= 0.3 is 5.97 Å². The van der Waals surface area contributed by atoms with Crippen LogP contribution in [-0.4, -0.2) is 17.4 Å². The number of ether oxygens (including phenoxy) is 2. The van der Waals surface area contributed by atoms with Crippen LogP contribution in [0.25, 0.3) is 0 Å². The molecule has 1 N–H and O–H groups in total. The Morgan fingerprint density at radius 1 is 1.25 bits per heavy atom. The summed E-state index contributed by atoms with van der Waals surface area (Å²) in [6.07, 6.45) is 6.41. The Bertz CT molecular complexity index is 431. The van der Waals surface area contributed by atoms with E-state index in [0.717, 1.165) is 0 Å². The summed E-state index contributed by atoms with van der Waals surface area (Å²) in [5, 5.41) is 8.71. The van der Waals surface area contributed by atoms with E-state index in [1.54, 1.807) is 24.3 Å². The van der Waals surface area contributed by atoms with Crippen molar-refractivity contribution >= 4 is 5.97 Å². The van der Waals surface area contributed by atoms with Crippen molar-refractivity contribution in [1.82, 2.24) is 0 Å². The lowest BCUT2D eigenvalue weighted by Crippen LogP contribution is -2.16. The highest BCUT2D eigenvalue weighted by Gasteiger charge is 2.08. The molecule has 16 heavy (non-hydrogen) atoms. The Hall–Kier alpha value is -2.23. The monoisotopic (exact) mass is 218 g/mol. The van der Waals surface area contributed by atoms with E-state index in [1.165, 1.54) is 18.4 Å². The predicted octanol–water partition coefficient (Wildman–Crippen LogP) is 2.19. The van der Waals surface area contributed by atoms with Crippen LogP contribution in [0.5, 0.6) is 5.75 Å². The fourth-order valence-corrected chi connectivity index (χ4v) is 1.25. The summed E-state index contributed by atoms with van der Waals surface area (Å²) in [5.74, 6) is -0.391. The smallest absolute Gasteiger partial charge is 0.335 e. The summed E-state index contributed by atoms with van der Waals surface area (Å²) in [6.45, 7) is 0. The zero-order valence-electron chi connectivity index (χ0n) is 8.37. The van der Waals surface area contributed by atoms with E-state index in [9.17, 15) is 4.79 Å². The number of rotatable bonds is 3. The van der Waals surface area contributed by atoms with Crippen LogP contribution in [0.2, 0.25) is 0 Å². The molecule has 82 valence electrons. The number of carboxylic acids is 1. The quantitative estimate of drug-likeness (QED) is 0.844. The SMILES string of the molecule is O=C(O)c1ccc(OC2C=CC=CO2)cc1. The second kappa shape index (κ2) is 4.53. The standard InChI is InChI=1S/C12H10O4/c13-12(14)9-4-6-10(7-5-9)16-11-3-1-2-8-15-11/h1-8,11H,(H,13,14). The lowest BCUT2D eigenvalue weighted by atomic mass is 10.2. The molecule has 1 heterocycles. The topological polar surface area (TPSA) is 55.8 Å². The molecule has 1 aromatic rings. The van der Waals surface area contributed by atoms with Gasteiger partial charge in [0.25, 0.3) is 6.29 Å². The van der Waals surface area contributed by atoms with E-state index in [4.69, 9.17) is 14.6 Å². The molecule has 0 radical (unpaired) electrons. The van der Waals surface area contributed by atoms with Crippen LogP contribution in [0, 0.1) is 0 Å². The van der Waals surface area contributed by atoms with Crippen molar-refractivity contribution in [3.63, 3.8) is 0 Å². The van der Waals surface area contributed by atoms with Gasteiger partial charge in [0, 0.05) is 0 Å². The van der Waals surface area contributed by atoms with Gasteiger partial charge in [0.15, 0.2) is 0 Å². The molecule has 1 aliphatic heterocycles. The predicted molar refractivity (Wildman–Crippen MR) is 57.2 cm³/mol.